The molecule has 2 aromatic carbocycles. The van der Waals surface area contributed by atoms with Crippen LogP contribution in [-0.2, 0) is 0 Å². The maximum Gasteiger partial charge on any atom is 0 e. The molecule has 0 aliphatic heterocycles. The van der Waals surface area contributed by atoms with E-state index in [2.05, 4.69) is 139 Å². The van der Waals surface area contributed by atoms with Gasteiger partial charge in [0.05, 0.1) is 0 Å². The van der Waals surface area contributed by atoms with Crippen molar-refractivity contribution in [2.24, 2.45) is 10.8 Å². The van der Waals surface area contributed by atoms with Crippen molar-refractivity contribution >= 4 is 31.2 Å². The van der Waals surface area contributed by atoms with E-state index in [4.69, 9.17) is 10.6 Å². The van der Waals surface area contributed by atoms with Crippen molar-refractivity contribution < 1.29 is 1.43 Å². The Morgan fingerprint density at radius 2 is 0.974 bits per heavy atom. The van der Waals surface area contributed by atoms with Gasteiger partial charge in [-0.1, -0.05) is 162 Å². The largest absolute Gasteiger partial charge is 0.678 e. The van der Waals surface area contributed by atoms with Crippen LogP contribution in [0.5, 0.6) is 0 Å². The van der Waals surface area contributed by atoms with Crippen LogP contribution in [0.4, 0.5) is 11.4 Å². The summed E-state index contributed by atoms with van der Waals surface area (Å²) in [5, 5.41) is 11.0. The third-order valence-corrected chi connectivity index (χ3v) is 7.16. The molecule has 3 heteroatoms. The van der Waals surface area contributed by atoms with Crippen LogP contribution in [-0.4, -0.2) is 25.8 Å². The van der Waals surface area contributed by atoms with Crippen molar-refractivity contribution in [3.05, 3.63) is 81.1 Å². The van der Waals surface area contributed by atoms with Crippen molar-refractivity contribution in [3.8, 4) is 0 Å². The first kappa shape index (κ1) is 34.4. The first-order valence-electron chi connectivity index (χ1n) is 14.4. The minimum absolute atomic E-state index is 0. The Hall–Kier alpha value is -1.58. The van der Waals surface area contributed by atoms with Gasteiger partial charge in [-0.15, -0.1) is 17.5 Å². The summed E-state index contributed by atoms with van der Waals surface area (Å²) in [6, 6.07) is 13.4. The van der Waals surface area contributed by atoms with E-state index in [9.17, 15) is 0 Å². The molecule has 0 bridgehead atoms. The second-order valence-electron chi connectivity index (χ2n) is 14.0. The van der Waals surface area contributed by atoms with Crippen LogP contribution < -0.4 is 0 Å². The summed E-state index contributed by atoms with van der Waals surface area (Å²) in [5.41, 5.74) is 8.55. The van der Waals surface area contributed by atoms with Gasteiger partial charge in [0.1, 0.15) is 0 Å². The fourth-order valence-corrected chi connectivity index (χ4v) is 4.65. The van der Waals surface area contributed by atoms with Crippen molar-refractivity contribution in [2.45, 2.75) is 127 Å². The number of hydrogen-bond donors (Lipinski definition) is 0. The van der Waals surface area contributed by atoms with Crippen molar-refractivity contribution in [1.82, 2.24) is 0 Å². The average molecular weight is 575 g/mol. The molecule has 0 N–H and O–H groups in total. The second kappa shape index (κ2) is 13.7. The zero-order chi connectivity index (χ0) is 28.3. The summed E-state index contributed by atoms with van der Waals surface area (Å²) in [7, 11) is 0. The smallest absolute Gasteiger partial charge is 0 e. The van der Waals surface area contributed by atoms with E-state index in [-0.39, 0.29) is 38.1 Å². The Kier molecular flexibility index (Phi) is 12.4. The minimum Gasteiger partial charge on any atom is -0.678 e. The number of nitrogens with zero attached hydrogens (tertiary/aromatic N) is 2. The van der Waals surface area contributed by atoms with E-state index in [0.717, 1.165) is 11.4 Å². The summed E-state index contributed by atoms with van der Waals surface area (Å²) in [6.07, 6.45) is 2.36. The molecule has 1 unspecified atom stereocenters. The number of allylic oxidation sites excluding steroid dienone is 1. The van der Waals surface area contributed by atoms with Crippen molar-refractivity contribution in [1.29, 1.82) is 0 Å². The monoisotopic (exact) mass is 573 g/mol. The molecule has 0 amide bonds. The molecule has 0 aromatic heterocycles. The molecule has 1 atom stereocenters. The SMILES string of the molecule is CC(C)c1cccc(C(C)C)c1[N-]/C(=C\C([N-]c1c(C(C)C)cccc1C(C)C)C(C)(C)C)C(C)(C)C.[Ga].[HH]. The van der Waals surface area contributed by atoms with E-state index >= 15 is 0 Å². The Labute approximate surface area is 250 Å². The van der Waals surface area contributed by atoms with Gasteiger partial charge in [0.25, 0.3) is 0 Å². The Morgan fingerprint density at radius 1 is 0.632 bits per heavy atom. The Balaban J connectivity index is 0.00000722. The van der Waals surface area contributed by atoms with Crippen LogP contribution in [0, 0.1) is 10.8 Å². The van der Waals surface area contributed by atoms with Gasteiger partial charge >= 0.3 is 0 Å². The average Bonchev–Trinajstić information content (AvgIpc) is 2.75. The van der Waals surface area contributed by atoms with Crippen LogP contribution in [0.15, 0.2) is 48.2 Å². The van der Waals surface area contributed by atoms with E-state index in [1.54, 1.807) is 0 Å². The maximum atomic E-state index is 5.55. The molecule has 0 aliphatic rings. The zero-order valence-corrected chi connectivity index (χ0v) is 29.3. The Bertz CT molecular complexity index is 1020. The molecule has 2 aromatic rings. The summed E-state index contributed by atoms with van der Waals surface area (Å²) in [6.45, 7) is 31.9. The molecule has 38 heavy (non-hydrogen) atoms. The van der Waals surface area contributed by atoms with Crippen molar-refractivity contribution in [3.63, 3.8) is 0 Å². The van der Waals surface area contributed by atoms with Crippen LogP contribution in [0.1, 0.15) is 144 Å². The van der Waals surface area contributed by atoms with Crippen LogP contribution in [0.3, 0.4) is 0 Å². The molecule has 0 saturated heterocycles. The van der Waals surface area contributed by atoms with E-state index in [0.29, 0.717) is 23.7 Å². The third-order valence-electron chi connectivity index (χ3n) is 7.16. The molecule has 0 spiro atoms. The number of rotatable bonds is 9. The molecule has 2 nitrogen and oxygen atoms in total. The van der Waals surface area contributed by atoms with Gasteiger partial charge < -0.3 is 10.6 Å². The molecule has 0 aliphatic carbocycles. The van der Waals surface area contributed by atoms with Gasteiger partial charge in [-0.2, -0.15) is 5.70 Å². The van der Waals surface area contributed by atoms with Crippen molar-refractivity contribution in [2.75, 3.05) is 0 Å². The fraction of sp³-hybridized carbons (Fsp3) is 0.600. The maximum absolute atomic E-state index is 5.55. The molecule has 0 heterocycles. The minimum atomic E-state index is -0.115. The summed E-state index contributed by atoms with van der Waals surface area (Å²) < 4.78 is 0. The summed E-state index contributed by atoms with van der Waals surface area (Å²) in [4.78, 5) is 0. The van der Waals surface area contributed by atoms with Gasteiger partial charge in [-0.05, 0) is 34.5 Å². The van der Waals surface area contributed by atoms with E-state index in [1.165, 1.54) is 27.9 Å². The molecule has 2 rings (SSSR count). The molecule has 3 radical (unpaired) electrons. The molecule has 211 valence electrons. The number of benzene rings is 2. The molecule has 0 fully saturated rings. The molecule has 0 saturated carbocycles. The predicted octanol–water partition coefficient (Wildman–Crippen LogP) is 12.1. The van der Waals surface area contributed by atoms with E-state index < -0.39 is 0 Å². The van der Waals surface area contributed by atoms with E-state index in [1.807, 2.05) is 0 Å². The topological polar surface area (TPSA) is 28.2 Å². The Morgan fingerprint density at radius 3 is 1.26 bits per heavy atom. The number of para-hydroxylation sites is 2. The zero-order valence-electron chi connectivity index (χ0n) is 26.9. The van der Waals surface area contributed by atoms with Gasteiger partial charge in [-0.25, -0.2) is 0 Å². The van der Waals surface area contributed by atoms with Gasteiger partial charge in [-0.3, -0.25) is 0 Å². The van der Waals surface area contributed by atoms with Gasteiger partial charge in [0, 0.05) is 21.2 Å². The normalized spacial score (nSPS) is 13.8. The molecular formula is C35H56GaN2-2. The predicted molar refractivity (Wildman–Crippen MR) is 174 cm³/mol. The molecular weight excluding hydrogens is 518 g/mol. The van der Waals surface area contributed by atoms with Gasteiger partial charge in [0.2, 0.25) is 0 Å². The summed E-state index contributed by atoms with van der Waals surface area (Å²) in [5.74, 6) is 1.65. The first-order chi connectivity index (χ1) is 16.9. The van der Waals surface area contributed by atoms with Crippen LogP contribution >= 0.6 is 0 Å². The second-order valence-corrected chi connectivity index (χ2v) is 14.0. The summed E-state index contributed by atoms with van der Waals surface area (Å²) >= 11 is 0. The fourth-order valence-electron chi connectivity index (χ4n) is 4.65. The standard InChI is InChI=1S/C35H54N2.Ga.H2/c1-22(2)26-17-15-18-27(23(3)4)32(26)36-30(34(9,10)11)21-31(35(12,13)14)37-33-28(24(5)6)19-16-20-29(33)25(7)8;;/h15-25,30H,1-14H3;;1H/q-2;;/b31-21-;;. The quantitative estimate of drug-likeness (QED) is 0.267. The third kappa shape index (κ3) is 8.71. The van der Waals surface area contributed by atoms with Crippen LogP contribution in [0.25, 0.3) is 10.6 Å². The van der Waals surface area contributed by atoms with Gasteiger partial charge in [0.15, 0.2) is 0 Å². The first-order valence-corrected chi connectivity index (χ1v) is 14.4. The number of hydrogen-bond acceptors (Lipinski definition) is 0. The van der Waals surface area contributed by atoms with Crippen LogP contribution in [0.2, 0.25) is 0 Å².